The summed E-state index contributed by atoms with van der Waals surface area (Å²) in [6.07, 6.45) is 0.465. The zero-order valence-corrected chi connectivity index (χ0v) is 6.93. The van der Waals surface area contributed by atoms with Gasteiger partial charge in [-0.1, -0.05) is 6.92 Å². The maximum absolute atomic E-state index is 5.64. The van der Waals surface area contributed by atoms with Crippen molar-refractivity contribution in [3.8, 4) is 0 Å². The summed E-state index contributed by atoms with van der Waals surface area (Å²) in [7, 11) is 0. The van der Waals surface area contributed by atoms with Crippen LogP contribution in [-0.2, 0) is 9.47 Å². The minimum absolute atomic E-state index is 0.315. The molecule has 3 heteroatoms. The Morgan fingerprint density at radius 3 is 2.64 bits per heavy atom. The third-order valence-electron chi connectivity index (χ3n) is 2.31. The van der Waals surface area contributed by atoms with Crippen molar-refractivity contribution in [2.45, 2.75) is 13.0 Å². The van der Waals surface area contributed by atoms with Gasteiger partial charge in [-0.3, -0.25) is 0 Å². The van der Waals surface area contributed by atoms with Crippen molar-refractivity contribution in [3.63, 3.8) is 0 Å². The first-order chi connectivity index (χ1) is 5.29. The van der Waals surface area contributed by atoms with Gasteiger partial charge in [0, 0.05) is 18.5 Å². The minimum atomic E-state index is 0.315. The summed E-state index contributed by atoms with van der Waals surface area (Å²) in [6.45, 7) is 6.86. The van der Waals surface area contributed by atoms with Crippen molar-refractivity contribution in [2.24, 2.45) is 5.41 Å². The first-order valence-corrected chi connectivity index (χ1v) is 4.19. The average Bonchev–Trinajstić information content (AvgIpc) is 1.81. The molecule has 0 atom stereocenters. The van der Waals surface area contributed by atoms with Gasteiger partial charge in [-0.2, -0.15) is 0 Å². The standard InChI is InChI=1S/C8H15NO2/c1-8(4-10-5-8)6-11-7-2-9-3-7/h7,9H,2-6H2,1H3. The Morgan fingerprint density at radius 2 is 2.27 bits per heavy atom. The molecule has 2 fully saturated rings. The molecular formula is C8H15NO2. The number of hydrogen-bond donors (Lipinski definition) is 1. The van der Waals surface area contributed by atoms with Gasteiger partial charge >= 0.3 is 0 Å². The molecule has 0 aromatic carbocycles. The van der Waals surface area contributed by atoms with Crippen molar-refractivity contribution in [3.05, 3.63) is 0 Å². The minimum Gasteiger partial charge on any atom is -0.380 e. The van der Waals surface area contributed by atoms with Gasteiger partial charge in [0.05, 0.1) is 25.9 Å². The lowest BCUT2D eigenvalue weighted by Gasteiger charge is -2.40. The first kappa shape index (κ1) is 7.53. The lowest BCUT2D eigenvalue weighted by molar-refractivity contribution is -0.153. The Hall–Kier alpha value is -0.120. The van der Waals surface area contributed by atoms with Crippen molar-refractivity contribution in [2.75, 3.05) is 32.9 Å². The van der Waals surface area contributed by atoms with Gasteiger partial charge in [-0.25, -0.2) is 0 Å². The average molecular weight is 157 g/mol. The largest absolute Gasteiger partial charge is 0.380 e. The van der Waals surface area contributed by atoms with E-state index in [9.17, 15) is 0 Å². The van der Waals surface area contributed by atoms with E-state index in [2.05, 4.69) is 12.2 Å². The molecule has 2 rings (SSSR count). The van der Waals surface area contributed by atoms with Crippen LogP contribution < -0.4 is 5.32 Å². The third-order valence-corrected chi connectivity index (χ3v) is 2.31. The molecule has 0 amide bonds. The second-order valence-electron chi connectivity index (χ2n) is 3.89. The quantitative estimate of drug-likeness (QED) is 0.626. The van der Waals surface area contributed by atoms with Gasteiger partial charge in [0.25, 0.3) is 0 Å². The molecule has 3 nitrogen and oxygen atoms in total. The maximum Gasteiger partial charge on any atom is 0.0823 e. The van der Waals surface area contributed by atoms with Crippen LogP contribution in [0.5, 0.6) is 0 Å². The Bertz CT molecular complexity index is 141. The molecule has 0 aromatic heterocycles. The van der Waals surface area contributed by atoms with Gasteiger partial charge in [0.1, 0.15) is 0 Å². The molecule has 0 bridgehead atoms. The SMILES string of the molecule is CC1(COC2CNC2)COC1. The molecule has 2 aliphatic heterocycles. The second-order valence-corrected chi connectivity index (χ2v) is 3.89. The van der Waals surface area contributed by atoms with E-state index in [1.54, 1.807) is 0 Å². The maximum atomic E-state index is 5.64. The number of ether oxygens (including phenoxy) is 2. The Morgan fingerprint density at radius 1 is 1.55 bits per heavy atom. The molecule has 0 saturated carbocycles. The van der Waals surface area contributed by atoms with E-state index in [1.165, 1.54) is 0 Å². The highest BCUT2D eigenvalue weighted by molar-refractivity contribution is 4.82. The number of hydrogen-bond acceptors (Lipinski definition) is 3. The van der Waals surface area contributed by atoms with E-state index in [0.717, 1.165) is 32.9 Å². The van der Waals surface area contributed by atoms with Crippen molar-refractivity contribution in [1.29, 1.82) is 0 Å². The lowest BCUT2D eigenvalue weighted by atomic mass is 9.90. The molecule has 0 spiro atoms. The zero-order valence-electron chi connectivity index (χ0n) is 6.93. The Balaban J connectivity index is 1.64. The van der Waals surface area contributed by atoms with E-state index < -0.39 is 0 Å². The van der Waals surface area contributed by atoms with Crippen LogP contribution in [0.2, 0.25) is 0 Å². The van der Waals surface area contributed by atoms with Crippen LogP contribution in [0.15, 0.2) is 0 Å². The predicted octanol–water partition coefficient (Wildman–Crippen LogP) is 0.0113. The van der Waals surface area contributed by atoms with Crippen LogP contribution in [-0.4, -0.2) is 39.0 Å². The monoisotopic (exact) mass is 157 g/mol. The lowest BCUT2D eigenvalue weighted by Crippen LogP contribution is -2.52. The smallest absolute Gasteiger partial charge is 0.0823 e. The fraction of sp³-hybridized carbons (Fsp3) is 1.00. The van der Waals surface area contributed by atoms with E-state index in [1.807, 2.05) is 0 Å². The molecule has 0 unspecified atom stereocenters. The summed E-state index contributed by atoms with van der Waals surface area (Å²) in [5.74, 6) is 0. The molecule has 0 aliphatic carbocycles. The first-order valence-electron chi connectivity index (χ1n) is 4.19. The van der Waals surface area contributed by atoms with Crippen LogP contribution in [0.1, 0.15) is 6.92 Å². The van der Waals surface area contributed by atoms with Gasteiger partial charge < -0.3 is 14.8 Å². The van der Waals surface area contributed by atoms with Crippen LogP contribution in [0.25, 0.3) is 0 Å². The highest BCUT2D eigenvalue weighted by atomic mass is 16.5. The van der Waals surface area contributed by atoms with Crippen LogP contribution in [0.3, 0.4) is 0 Å². The van der Waals surface area contributed by atoms with Gasteiger partial charge in [0.2, 0.25) is 0 Å². The van der Waals surface area contributed by atoms with Crippen molar-refractivity contribution < 1.29 is 9.47 Å². The van der Waals surface area contributed by atoms with E-state index in [4.69, 9.17) is 9.47 Å². The molecule has 2 saturated heterocycles. The molecule has 0 aromatic rings. The van der Waals surface area contributed by atoms with E-state index in [-0.39, 0.29) is 0 Å². The summed E-state index contributed by atoms with van der Waals surface area (Å²) in [6, 6.07) is 0. The van der Waals surface area contributed by atoms with Crippen LogP contribution in [0.4, 0.5) is 0 Å². The van der Waals surface area contributed by atoms with Crippen molar-refractivity contribution in [1.82, 2.24) is 5.32 Å². The van der Waals surface area contributed by atoms with Crippen LogP contribution >= 0.6 is 0 Å². The topological polar surface area (TPSA) is 30.5 Å². The summed E-state index contributed by atoms with van der Waals surface area (Å²) in [5, 5.41) is 3.18. The second kappa shape index (κ2) is 2.73. The Kier molecular flexibility index (Phi) is 1.87. The fourth-order valence-electron chi connectivity index (χ4n) is 1.23. The van der Waals surface area contributed by atoms with Gasteiger partial charge in [-0.15, -0.1) is 0 Å². The normalized spacial score (nSPS) is 29.2. The highest BCUT2D eigenvalue weighted by Crippen LogP contribution is 2.27. The number of rotatable bonds is 3. The van der Waals surface area contributed by atoms with Gasteiger partial charge in [0.15, 0.2) is 0 Å². The summed E-state index contributed by atoms with van der Waals surface area (Å²) >= 11 is 0. The predicted molar refractivity (Wildman–Crippen MR) is 41.5 cm³/mol. The fourth-order valence-corrected chi connectivity index (χ4v) is 1.23. The molecule has 2 heterocycles. The molecular weight excluding hydrogens is 142 g/mol. The molecule has 64 valence electrons. The highest BCUT2D eigenvalue weighted by Gasteiger charge is 2.34. The summed E-state index contributed by atoms with van der Waals surface area (Å²) in [4.78, 5) is 0. The zero-order chi connectivity index (χ0) is 7.73. The number of nitrogens with one attached hydrogen (secondary N) is 1. The van der Waals surface area contributed by atoms with E-state index >= 15 is 0 Å². The molecule has 1 N–H and O–H groups in total. The Labute approximate surface area is 67.1 Å². The molecule has 2 aliphatic rings. The molecule has 11 heavy (non-hydrogen) atoms. The van der Waals surface area contributed by atoms with E-state index in [0.29, 0.717) is 11.5 Å². The third kappa shape index (κ3) is 1.55. The van der Waals surface area contributed by atoms with Crippen LogP contribution in [0, 0.1) is 5.41 Å². The van der Waals surface area contributed by atoms with Gasteiger partial charge in [-0.05, 0) is 0 Å². The van der Waals surface area contributed by atoms with Crippen molar-refractivity contribution >= 4 is 0 Å². The summed E-state index contributed by atoms with van der Waals surface area (Å²) < 4.78 is 10.8. The summed E-state index contributed by atoms with van der Waals surface area (Å²) in [5.41, 5.74) is 0.315. The molecule has 0 radical (unpaired) electrons.